The van der Waals surface area contributed by atoms with Gasteiger partial charge in [-0.3, -0.25) is 9.78 Å². The van der Waals surface area contributed by atoms with Gasteiger partial charge in [0.2, 0.25) is 0 Å². The van der Waals surface area contributed by atoms with Crippen LogP contribution in [-0.4, -0.2) is 47.0 Å². The Kier molecular flexibility index (Phi) is 10.4. The molecule has 10 nitrogen and oxygen atoms in total. The van der Waals surface area contributed by atoms with E-state index in [1.54, 1.807) is 24.4 Å². The van der Waals surface area contributed by atoms with Gasteiger partial charge in [0.25, 0.3) is 0 Å². The molecule has 0 fully saturated rings. The average Bonchev–Trinajstić information content (AvgIpc) is 3.04. The summed E-state index contributed by atoms with van der Waals surface area (Å²) in [5.74, 6) is 1.25. The topological polar surface area (TPSA) is 143 Å². The molecule has 0 saturated carbocycles. The number of nitriles is 1. The second kappa shape index (κ2) is 14.8. The SMILES string of the molecule is Cc1c(COc2cc(OCc3cncc(C#N)c3)c(CNC[C@@H](O)CC(=O)O)cc2Cl)cccc1-c1ccc2c(c1)OCCO2. The van der Waals surface area contributed by atoms with Gasteiger partial charge in [-0.05, 0) is 53.4 Å². The van der Waals surface area contributed by atoms with E-state index in [1.807, 2.05) is 37.3 Å². The van der Waals surface area contributed by atoms with Gasteiger partial charge in [0, 0.05) is 42.7 Å². The van der Waals surface area contributed by atoms with Gasteiger partial charge < -0.3 is 34.5 Å². The molecule has 0 aliphatic carbocycles. The summed E-state index contributed by atoms with van der Waals surface area (Å²) in [5.41, 5.74) is 5.87. The second-order valence-electron chi connectivity index (χ2n) is 10.5. The second-order valence-corrected chi connectivity index (χ2v) is 10.9. The van der Waals surface area contributed by atoms with Gasteiger partial charge in [-0.15, -0.1) is 0 Å². The number of nitrogens with zero attached hydrogens (tertiary/aromatic N) is 2. The van der Waals surface area contributed by atoms with Crippen LogP contribution in [0, 0.1) is 18.3 Å². The first-order valence-electron chi connectivity index (χ1n) is 14.3. The summed E-state index contributed by atoms with van der Waals surface area (Å²) in [6, 6.07) is 19.1. The Hall–Kier alpha value is -4.82. The quantitative estimate of drug-likeness (QED) is 0.175. The number of halogens is 1. The molecule has 45 heavy (non-hydrogen) atoms. The van der Waals surface area contributed by atoms with Crippen molar-refractivity contribution in [3.8, 4) is 40.2 Å². The molecular formula is C34H32ClN3O7. The van der Waals surface area contributed by atoms with Gasteiger partial charge in [0.15, 0.2) is 11.5 Å². The van der Waals surface area contributed by atoms with Gasteiger partial charge in [0.1, 0.15) is 44.0 Å². The van der Waals surface area contributed by atoms with Gasteiger partial charge in [-0.1, -0.05) is 35.9 Å². The molecule has 5 rings (SSSR count). The highest BCUT2D eigenvalue weighted by molar-refractivity contribution is 6.32. The number of benzene rings is 3. The fourth-order valence-electron chi connectivity index (χ4n) is 4.91. The van der Waals surface area contributed by atoms with Gasteiger partial charge in [0.05, 0.1) is 23.1 Å². The van der Waals surface area contributed by atoms with Crippen LogP contribution >= 0.6 is 11.6 Å². The minimum atomic E-state index is -1.09. The molecule has 1 aliphatic heterocycles. The Morgan fingerprint density at radius 2 is 1.84 bits per heavy atom. The predicted octanol–water partition coefficient (Wildman–Crippen LogP) is 5.44. The van der Waals surface area contributed by atoms with Crippen LogP contribution in [0.5, 0.6) is 23.0 Å². The van der Waals surface area contributed by atoms with E-state index in [0.29, 0.717) is 46.4 Å². The number of rotatable bonds is 13. The molecule has 0 amide bonds. The largest absolute Gasteiger partial charge is 0.488 e. The molecular weight excluding hydrogens is 598 g/mol. The first kappa shape index (κ1) is 31.6. The Morgan fingerprint density at radius 3 is 2.64 bits per heavy atom. The minimum Gasteiger partial charge on any atom is -0.488 e. The van der Waals surface area contributed by atoms with Crippen molar-refractivity contribution in [3.05, 3.63) is 99.8 Å². The number of ether oxygens (including phenoxy) is 4. The third-order valence-electron chi connectivity index (χ3n) is 7.22. The molecule has 0 radical (unpaired) electrons. The number of carboxylic acids is 1. The summed E-state index contributed by atoms with van der Waals surface area (Å²) in [7, 11) is 0. The lowest BCUT2D eigenvalue weighted by Gasteiger charge is -2.20. The summed E-state index contributed by atoms with van der Waals surface area (Å²) >= 11 is 6.66. The zero-order valence-corrected chi connectivity index (χ0v) is 25.3. The molecule has 3 N–H and O–H groups in total. The summed E-state index contributed by atoms with van der Waals surface area (Å²) in [6.45, 7) is 3.78. The molecule has 4 aromatic rings. The minimum absolute atomic E-state index is 0.0642. The lowest BCUT2D eigenvalue weighted by molar-refractivity contribution is -0.139. The zero-order valence-electron chi connectivity index (χ0n) is 24.6. The molecule has 232 valence electrons. The number of aliphatic carboxylic acids is 1. The first-order chi connectivity index (χ1) is 21.8. The lowest BCUT2D eigenvalue weighted by Crippen LogP contribution is -2.28. The summed E-state index contributed by atoms with van der Waals surface area (Å²) in [6.07, 6.45) is 1.67. The van der Waals surface area contributed by atoms with Crippen LogP contribution in [0.25, 0.3) is 11.1 Å². The van der Waals surface area contributed by atoms with E-state index in [-0.39, 0.29) is 32.7 Å². The highest BCUT2D eigenvalue weighted by atomic mass is 35.5. The number of hydrogen-bond acceptors (Lipinski definition) is 9. The molecule has 3 aromatic carbocycles. The molecule has 1 aromatic heterocycles. The number of aliphatic hydroxyl groups excluding tert-OH is 1. The van der Waals surface area contributed by atoms with Gasteiger partial charge in [-0.2, -0.15) is 5.26 Å². The number of fused-ring (bicyclic) bond motifs is 1. The van der Waals surface area contributed by atoms with E-state index < -0.39 is 12.1 Å². The van der Waals surface area contributed by atoms with Crippen molar-refractivity contribution in [1.82, 2.24) is 10.3 Å². The van der Waals surface area contributed by atoms with Crippen LogP contribution in [0.2, 0.25) is 5.02 Å². The van der Waals surface area contributed by atoms with Crippen LogP contribution in [0.1, 0.15) is 34.2 Å². The predicted molar refractivity (Wildman–Crippen MR) is 167 cm³/mol. The van der Waals surface area contributed by atoms with Crippen LogP contribution in [0.15, 0.2) is 67.0 Å². The molecule has 11 heteroatoms. The van der Waals surface area contributed by atoms with Crippen molar-refractivity contribution in [1.29, 1.82) is 5.26 Å². The van der Waals surface area contributed by atoms with E-state index in [4.69, 9.17) is 35.7 Å². The third kappa shape index (κ3) is 8.22. The van der Waals surface area contributed by atoms with Crippen molar-refractivity contribution < 1.29 is 34.0 Å². The fraction of sp³-hybridized carbons (Fsp3) is 0.265. The maximum absolute atomic E-state index is 10.9. The maximum Gasteiger partial charge on any atom is 0.306 e. The van der Waals surface area contributed by atoms with Crippen LogP contribution < -0.4 is 24.3 Å². The number of pyridine rings is 1. The summed E-state index contributed by atoms with van der Waals surface area (Å²) in [5, 5.41) is 31.5. The standard InChI is InChI=1S/C34H32ClN3O7/c1-21-25(3-2-4-28(21)24-5-6-30-33(11-24)43-8-7-42-30)20-45-32-13-31(44-19-23-9-22(14-36)15-37-16-23)26(10-29(32)35)17-38-18-27(39)12-34(40)41/h2-6,9-11,13,15-16,27,38-39H,7-8,12,17-20H2,1H3,(H,40,41)/t27-/m0/s1. The lowest BCUT2D eigenvalue weighted by atomic mass is 9.96. The highest BCUT2D eigenvalue weighted by Gasteiger charge is 2.17. The van der Waals surface area contributed by atoms with E-state index in [0.717, 1.165) is 33.8 Å². The first-order valence-corrected chi connectivity index (χ1v) is 14.7. The van der Waals surface area contributed by atoms with Crippen LogP contribution in [-0.2, 0) is 24.6 Å². The Labute approximate surface area is 265 Å². The van der Waals surface area contributed by atoms with E-state index in [2.05, 4.69) is 22.4 Å². The number of hydrogen-bond donors (Lipinski definition) is 3. The average molecular weight is 630 g/mol. The van der Waals surface area contributed by atoms with Crippen molar-refractivity contribution in [2.45, 2.75) is 39.2 Å². The maximum atomic E-state index is 10.9. The van der Waals surface area contributed by atoms with Crippen molar-refractivity contribution >= 4 is 17.6 Å². The Bertz CT molecular complexity index is 1720. The van der Waals surface area contributed by atoms with Crippen molar-refractivity contribution in [2.24, 2.45) is 0 Å². The highest BCUT2D eigenvalue weighted by Crippen LogP contribution is 2.37. The smallest absolute Gasteiger partial charge is 0.306 e. The third-order valence-corrected chi connectivity index (χ3v) is 7.52. The van der Waals surface area contributed by atoms with Crippen molar-refractivity contribution in [2.75, 3.05) is 19.8 Å². The normalized spacial score (nSPS) is 12.7. The van der Waals surface area contributed by atoms with E-state index in [1.165, 1.54) is 6.20 Å². The number of nitrogens with one attached hydrogen (secondary N) is 1. The van der Waals surface area contributed by atoms with Crippen LogP contribution in [0.4, 0.5) is 0 Å². The summed E-state index contributed by atoms with van der Waals surface area (Å²) in [4.78, 5) is 15.0. The van der Waals surface area contributed by atoms with Gasteiger partial charge >= 0.3 is 5.97 Å². The number of carbonyl (C=O) groups is 1. The Morgan fingerprint density at radius 1 is 1.04 bits per heavy atom. The zero-order chi connectivity index (χ0) is 31.8. The van der Waals surface area contributed by atoms with Crippen molar-refractivity contribution in [3.63, 3.8) is 0 Å². The molecule has 2 heterocycles. The number of carboxylic acid groups (broad SMARTS) is 1. The molecule has 0 saturated heterocycles. The van der Waals surface area contributed by atoms with E-state index >= 15 is 0 Å². The van der Waals surface area contributed by atoms with E-state index in [9.17, 15) is 15.2 Å². The molecule has 1 aliphatic rings. The molecule has 0 spiro atoms. The monoisotopic (exact) mass is 629 g/mol. The fourth-order valence-corrected chi connectivity index (χ4v) is 5.15. The van der Waals surface area contributed by atoms with Crippen LogP contribution in [0.3, 0.4) is 0 Å². The number of aromatic nitrogens is 1. The number of aliphatic hydroxyl groups is 1. The summed E-state index contributed by atoms with van der Waals surface area (Å²) < 4.78 is 23.8. The van der Waals surface area contributed by atoms with Gasteiger partial charge in [-0.25, -0.2) is 0 Å². The molecule has 0 bridgehead atoms. The molecule has 0 unspecified atom stereocenters. The molecule has 1 atom stereocenters. The Balaban J connectivity index is 1.34.